The first-order valence-electron chi connectivity index (χ1n) is 5.93. The third kappa shape index (κ3) is 2.90. The average Bonchev–Trinajstić information content (AvgIpc) is 2.97. The Bertz CT molecular complexity index is 426. The molecule has 1 aromatic rings. The van der Waals surface area contributed by atoms with Crippen molar-refractivity contribution in [2.75, 3.05) is 10.6 Å². The van der Waals surface area contributed by atoms with Crippen LogP contribution in [0.15, 0.2) is 24.3 Å². The number of urea groups is 1. The van der Waals surface area contributed by atoms with E-state index in [1.807, 2.05) is 24.3 Å². The molecule has 0 saturated heterocycles. The second-order valence-corrected chi connectivity index (χ2v) is 5.09. The fourth-order valence-corrected chi connectivity index (χ4v) is 1.88. The Labute approximate surface area is 102 Å². The molecule has 4 nitrogen and oxygen atoms in total. The summed E-state index contributed by atoms with van der Waals surface area (Å²) in [5.41, 5.74) is 7.24. The molecule has 92 valence electrons. The van der Waals surface area contributed by atoms with E-state index < -0.39 is 6.03 Å². The van der Waals surface area contributed by atoms with Gasteiger partial charge in [0.25, 0.3) is 0 Å². The van der Waals surface area contributed by atoms with Crippen molar-refractivity contribution in [2.24, 2.45) is 11.1 Å². The number of carbonyl (C=O) groups is 1. The molecule has 0 heterocycles. The van der Waals surface area contributed by atoms with E-state index in [0.717, 1.165) is 11.4 Å². The summed E-state index contributed by atoms with van der Waals surface area (Å²) in [6.07, 6.45) is 2.56. The Kier molecular flexibility index (Phi) is 2.96. The first-order chi connectivity index (χ1) is 7.99. The molecule has 2 rings (SSSR count). The molecule has 4 heteroatoms. The number of hydrogen-bond acceptors (Lipinski definition) is 2. The van der Waals surface area contributed by atoms with Crippen LogP contribution in [-0.4, -0.2) is 12.1 Å². The Morgan fingerprint density at radius 1 is 1.41 bits per heavy atom. The number of carbonyl (C=O) groups excluding carboxylic acids is 1. The fraction of sp³-hybridized carbons (Fsp3) is 0.462. The van der Waals surface area contributed by atoms with Crippen LogP contribution in [0.4, 0.5) is 16.2 Å². The number of primary amides is 1. The molecule has 0 radical (unpaired) electrons. The highest BCUT2D eigenvalue weighted by Crippen LogP contribution is 2.48. The topological polar surface area (TPSA) is 67.2 Å². The van der Waals surface area contributed by atoms with Gasteiger partial charge in [-0.2, -0.15) is 0 Å². The number of benzene rings is 1. The van der Waals surface area contributed by atoms with E-state index >= 15 is 0 Å². The zero-order valence-corrected chi connectivity index (χ0v) is 10.3. The Balaban J connectivity index is 2.03. The molecular weight excluding hydrogens is 214 g/mol. The molecule has 0 aliphatic heterocycles. The number of nitrogens with one attached hydrogen (secondary N) is 2. The zero-order valence-electron chi connectivity index (χ0n) is 10.3. The maximum absolute atomic E-state index is 10.8. The summed E-state index contributed by atoms with van der Waals surface area (Å²) in [6, 6.07) is 7.51. The molecule has 1 atom stereocenters. The highest BCUT2D eigenvalue weighted by Gasteiger charge is 2.42. The molecule has 1 unspecified atom stereocenters. The van der Waals surface area contributed by atoms with Crippen molar-refractivity contribution in [3.63, 3.8) is 0 Å². The van der Waals surface area contributed by atoms with E-state index in [1.165, 1.54) is 12.8 Å². The summed E-state index contributed by atoms with van der Waals surface area (Å²) in [5, 5.41) is 6.04. The molecule has 0 aromatic heterocycles. The van der Waals surface area contributed by atoms with Gasteiger partial charge in [-0.25, -0.2) is 4.79 Å². The van der Waals surface area contributed by atoms with Gasteiger partial charge in [-0.3, -0.25) is 0 Å². The molecule has 1 saturated carbocycles. The van der Waals surface area contributed by atoms with Crippen LogP contribution in [0.2, 0.25) is 0 Å². The average molecular weight is 233 g/mol. The van der Waals surface area contributed by atoms with Gasteiger partial charge in [0.1, 0.15) is 0 Å². The summed E-state index contributed by atoms with van der Waals surface area (Å²) in [4.78, 5) is 10.8. The number of nitrogens with two attached hydrogens (primary N) is 1. The number of rotatable bonds is 4. The van der Waals surface area contributed by atoms with Gasteiger partial charge >= 0.3 is 6.03 Å². The lowest BCUT2D eigenvalue weighted by molar-refractivity contribution is 0.259. The van der Waals surface area contributed by atoms with Gasteiger partial charge in [0.15, 0.2) is 0 Å². The number of amides is 2. The first-order valence-corrected chi connectivity index (χ1v) is 5.93. The van der Waals surface area contributed by atoms with Crippen LogP contribution in [0.1, 0.15) is 26.7 Å². The Morgan fingerprint density at radius 3 is 2.65 bits per heavy atom. The molecule has 1 fully saturated rings. The standard InChI is InChI=1S/C13H19N3O/c1-9(13(2)6-7-13)15-10-4-3-5-11(8-10)16-12(14)17/h3-5,8-9,15H,6-7H2,1-2H3,(H3,14,16,17). The van der Waals surface area contributed by atoms with Crippen LogP contribution in [0.5, 0.6) is 0 Å². The van der Waals surface area contributed by atoms with Crippen molar-refractivity contribution < 1.29 is 4.79 Å². The normalized spacial score (nSPS) is 18.2. The molecular formula is C13H19N3O. The first kappa shape index (κ1) is 11.8. The van der Waals surface area contributed by atoms with Gasteiger partial charge < -0.3 is 16.4 Å². The maximum atomic E-state index is 10.8. The van der Waals surface area contributed by atoms with Crippen LogP contribution in [0.3, 0.4) is 0 Å². The van der Waals surface area contributed by atoms with Gasteiger partial charge in [-0.1, -0.05) is 13.0 Å². The van der Waals surface area contributed by atoms with Crippen molar-refractivity contribution in [2.45, 2.75) is 32.7 Å². The van der Waals surface area contributed by atoms with E-state index in [9.17, 15) is 4.79 Å². The van der Waals surface area contributed by atoms with E-state index in [-0.39, 0.29) is 0 Å². The van der Waals surface area contributed by atoms with E-state index in [2.05, 4.69) is 24.5 Å². The van der Waals surface area contributed by atoms with E-state index in [1.54, 1.807) is 0 Å². The SMILES string of the molecule is CC(Nc1cccc(NC(N)=O)c1)C1(C)CC1. The quantitative estimate of drug-likeness (QED) is 0.748. The van der Waals surface area contributed by atoms with Gasteiger partial charge in [-0.05, 0) is 43.4 Å². The van der Waals surface area contributed by atoms with Crippen LogP contribution in [0, 0.1) is 5.41 Å². The van der Waals surface area contributed by atoms with Crippen LogP contribution >= 0.6 is 0 Å². The van der Waals surface area contributed by atoms with E-state index in [4.69, 9.17) is 5.73 Å². The van der Waals surface area contributed by atoms with Gasteiger partial charge in [0.05, 0.1) is 0 Å². The molecule has 1 aliphatic carbocycles. The predicted octanol–water partition coefficient (Wildman–Crippen LogP) is 2.78. The van der Waals surface area contributed by atoms with Crippen molar-refractivity contribution in [3.8, 4) is 0 Å². The molecule has 1 aliphatic rings. The number of anilines is 2. The van der Waals surface area contributed by atoms with Crippen LogP contribution in [-0.2, 0) is 0 Å². The second kappa shape index (κ2) is 4.28. The van der Waals surface area contributed by atoms with Crippen molar-refractivity contribution in [1.82, 2.24) is 0 Å². The molecule has 17 heavy (non-hydrogen) atoms. The summed E-state index contributed by atoms with van der Waals surface area (Å²) in [6.45, 7) is 4.48. The highest BCUT2D eigenvalue weighted by molar-refractivity contribution is 5.88. The third-order valence-corrected chi connectivity index (χ3v) is 3.60. The van der Waals surface area contributed by atoms with Crippen LogP contribution in [0.25, 0.3) is 0 Å². The smallest absolute Gasteiger partial charge is 0.316 e. The molecule has 0 spiro atoms. The predicted molar refractivity (Wildman–Crippen MR) is 70.1 cm³/mol. The summed E-state index contributed by atoms with van der Waals surface area (Å²) < 4.78 is 0. The largest absolute Gasteiger partial charge is 0.382 e. The molecule has 0 bridgehead atoms. The zero-order chi connectivity index (χ0) is 12.5. The molecule has 1 aromatic carbocycles. The molecule has 4 N–H and O–H groups in total. The van der Waals surface area contributed by atoms with Crippen molar-refractivity contribution >= 4 is 17.4 Å². The Hall–Kier alpha value is -1.71. The van der Waals surface area contributed by atoms with Crippen molar-refractivity contribution in [3.05, 3.63) is 24.3 Å². The summed E-state index contributed by atoms with van der Waals surface area (Å²) in [5.74, 6) is 0. The highest BCUT2D eigenvalue weighted by atomic mass is 16.2. The minimum absolute atomic E-state index is 0.424. The fourth-order valence-electron chi connectivity index (χ4n) is 1.88. The Morgan fingerprint density at radius 2 is 2.06 bits per heavy atom. The number of hydrogen-bond donors (Lipinski definition) is 3. The summed E-state index contributed by atoms with van der Waals surface area (Å²) in [7, 11) is 0. The minimum Gasteiger partial charge on any atom is -0.382 e. The van der Waals surface area contributed by atoms with Crippen LogP contribution < -0.4 is 16.4 Å². The summed E-state index contributed by atoms with van der Waals surface area (Å²) >= 11 is 0. The monoisotopic (exact) mass is 233 g/mol. The van der Waals surface area contributed by atoms with Crippen molar-refractivity contribution in [1.29, 1.82) is 0 Å². The van der Waals surface area contributed by atoms with E-state index in [0.29, 0.717) is 11.5 Å². The maximum Gasteiger partial charge on any atom is 0.316 e. The van der Waals surface area contributed by atoms with Gasteiger partial charge in [0, 0.05) is 17.4 Å². The van der Waals surface area contributed by atoms with Gasteiger partial charge in [0.2, 0.25) is 0 Å². The second-order valence-electron chi connectivity index (χ2n) is 5.09. The lowest BCUT2D eigenvalue weighted by Crippen LogP contribution is -2.25. The third-order valence-electron chi connectivity index (χ3n) is 3.60. The lowest BCUT2D eigenvalue weighted by atomic mass is 10.0. The molecule has 2 amide bonds. The minimum atomic E-state index is -0.538. The lowest BCUT2D eigenvalue weighted by Gasteiger charge is -2.21. The van der Waals surface area contributed by atoms with Gasteiger partial charge in [-0.15, -0.1) is 0 Å².